The zero-order valence-corrected chi connectivity index (χ0v) is 11.7. The van der Waals surface area contributed by atoms with Gasteiger partial charge in [-0.25, -0.2) is 0 Å². The number of rotatable bonds is 9. The Bertz CT molecular complexity index is 300. The lowest BCUT2D eigenvalue weighted by atomic mass is 10.0. The van der Waals surface area contributed by atoms with Gasteiger partial charge in [0, 0.05) is 13.2 Å². The Morgan fingerprint density at radius 2 is 1.58 bits per heavy atom. The molecule has 0 aliphatic rings. The van der Waals surface area contributed by atoms with E-state index in [-0.39, 0.29) is 19.8 Å². The maximum Gasteiger partial charge on any atom is 0.381 e. The summed E-state index contributed by atoms with van der Waals surface area (Å²) in [4.78, 5) is 23.2. The average Bonchev–Trinajstić information content (AvgIpc) is 2.29. The van der Waals surface area contributed by atoms with Gasteiger partial charge >= 0.3 is 11.4 Å². The predicted octanol–water partition coefficient (Wildman–Crippen LogP) is 1.97. The summed E-state index contributed by atoms with van der Waals surface area (Å²) in [5.41, 5.74) is 0. The van der Waals surface area contributed by atoms with Crippen LogP contribution in [0.25, 0.3) is 0 Å². The molecule has 0 aromatic rings. The Hall–Kier alpha value is -0.790. The molecule has 0 aromatic carbocycles. The van der Waals surface area contributed by atoms with E-state index in [1.165, 1.54) is 6.92 Å². The second-order valence-corrected chi connectivity index (χ2v) is 3.85. The normalized spacial score (nSPS) is 13.4. The Morgan fingerprint density at radius 1 is 1.11 bits per heavy atom. The number of hydrogen-bond donors (Lipinski definition) is 0. The fraction of sp³-hybridized carbons (Fsp3) is 0.818. The van der Waals surface area contributed by atoms with Gasteiger partial charge in [-0.2, -0.15) is 8.78 Å². The summed E-state index contributed by atoms with van der Waals surface area (Å²) in [5.74, 6) is -4.88. The molecular formula is C11H17ClF2O5. The zero-order valence-electron chi connectivity index (χ0n) is 11.0. The number of ketones is 1. The minimum atomic E-state index is -4.19. The van der Waals surface area contributed by atoms with Crippen LogP contribution in [0.2, 0.25) is 0 Å². The van der Waals surface area contributed by atoms with Crippen LogP contribution < -0.4 is 0 Å². The van der Waals surface area contributed by atoms with Crippen molar-refractivity contribution in [2.45, 2.75) is 32.4 Å². The number of esters is 1. The molecule has 0 fully saturated rings. The van der Waals surface area contributed by atoms with Crippen molar-refractivity contribution in [1.29, 1.82) is 0 Å². The molecule has 19 heavy (non-hydrogen) atoms. The molecule has 0 rings (SSSR count). The second-order valence-electron chi connectivity index (χ2n) is 3.37. The Labute approximate surface area is 115 Å². The van der Waals surface area contributed by atoms with Gasteiger partial charge in [0.05, 0.1) is 6.61 Å². The molecule has 0 aromatic heterocycles. The van der Waals surface area contributed by atoms with Crippen LogP contribution >= 0.6 is 11.6 Å². The molecule has 8 heteroatoms. The van der Waals surface area contributed by atoms with Gasteiger partial charge in [0.15, 0.2) is 12.2 Å². The molecule has 112 valence electrons. The third-order valence-electron chi connectivity index (χ3n) is 2.04. The summed E-state index contributed by atoms with van der Waals surface area (Å²) < 4.78 is 40.4. The molecule has 0 aliphatic heterocycles. The molecule has 0 radical (unpaired) electrons. The fourth-order valence-corrected chi connectivity index (χ4v) is 1.44. The van der Waals surface area contributed by atoms with Crippen LogP contribution in [-0.2, 0) is 23.8 Å². The SMILES string of the molecule is CCOC(=O)C(C(=O)C(F)(F)Cl)C(OCC)OCC. The minimum Gasteiger partial charge on any atom is -0.465 e. The van der Waals surface area contributed by atoms with Crippen LogP contribution in [0.5, 0.6) is 0 Å². The van der Waals surface area contributed by atoms with Crippen molar-refractivity contribution in [2.24, 2.45) is 5.92 Å². The van der Waals surface area contributed by atoms with Crippen molar-refractivity contribution in [3.63, 3.8) is 0 Å². The molecule has 0 amide bonds. The van der Waals surface area contributed by atoms with Crippen LogP contribution in [0.15, 0.2) is 0 Å². The first-order valence-electron chi connectivity index (χ1n) is 5.80. The molecule has 0 saturated carbocycles. The molecular weight excluding hydrogens is 286 g/mol. The quantitative estimate of drug-likeness (QED) is 0.282. The number of carbonyl (C=O) groups excluding carboxylic acids is 2. The van der Waals surface area contributed by atoms with Gasteiger partial charge in [-0.1, -0.05) is 0 Å². The first-order valence-corrected chi connectivity index (χ1v) is 6.18. The molecule has 1 unspecified atom stereocenters. The number of ether oxygens (including phenoxy) is 3. The lowest BCUT2D eigenvalue weighted by Gasteiger charge is -2.25. The van der Waals surface area contributed by atoms with E-state index in [4.69, 9.17) is 9.47 Å². The van der Waals surface area contributed by atoms with Crippen molar-refractivity contribution in [1.82, 2.24) is 0 Å². The van der Waals surface area contributed by atoms with Crippen molar-refractivity contribution in [3.05, 3.63) is 0 Å². The highest BCUT2D eigenvalue weighted by molar-refractivity contribution is 6.34. The highest BCUT2D eigenvalue weighted by Crippen LogP contribution is 2.28. The molecule has 0 aliphatic carbocycles. The van der Waals surface area contributed by atoms with E-state index < -0.39 is 29.3 Å². The highest BCUT2D eigenvalue weighted by Gasteiger charge is 2.49. The Kier molecular flexibility index (Phi) is 8.05. The van der Waals surface area contributed by atoms with Gasteiger partial charge in [-0.05, 0) is 32.4 Å². The summed E-state index contributed by atoms with van der Waals surface area (Å²) in [6.07, 6.45) is -1.45. The third-order valence-corrected chi connectivity index (χ3v) is 2.22. The zero-order chi connectivity index (χ0) is 15.1. The number of halogens is 3. The maximum absolute atomic E-state index is 12.9. The minimum absolute atomic E-state index is 0.0680. The maximum atomic E-state index is 12.9. The lowest BCUT2D eigenvalue weighted by Crippen LogP contribution is -2.45. The van der Waals surface area contributed by atoms with Gasteiger partial charge in [0.1, 0.15) is 0 Å². The van der Waals surface area contributed by atoms with Gasteiger partial charge < -0.3 is 14.2 Å². The smallest absolute Gasteiger partial charge is 0.381 e. The standard InChI is InChI=1S/C11H17ClF2O5/c1-4-17-9(16)7(8(15)11(12,13)14)10(18-5-2)19-6-3/h7,10H,4-6H2,1-3H3. The molecule has 5 nitrogen and oxygen atoms in total. The van der Waals surface area contributed by atoms with E-state index in [0.29, 0.717) is 0 Å². The van der Waals surface area contributed by atoms with Crippen LogP contribution in [-0.4, -0.2) is 43.2 Å². The van der Waals surface area contributed by atoms with Gasteiger partial charge in [0.2, 0.25) is 5.78 Å². The first-order chi connectivity index (χ1) is 8.79. The van der Waals surface area contributed by atoms with Crippen LogP contribution in [0.4, 0.5) is 8.78 Å². The lowest BCUT2D eigenvalue weighted by molar-refractivity contribution is -0.195. The summed E-state index contributed by atoms with van der Waals surface area (Å²) in [7, 11) is 0. The number of alkyl halides is 3. The monoisotopic (exact) mass is 302 g/mol. The molecule has 0 heterocycles. The average molecular weight is 303 g/mol. The van der Waals surface area contributed by atoms with Crippen LogP contribution in [0.1, 0.15) is 20.8 Å². The van der Waals surface area contributed by atoms with Crippen LogP contribution in [0, 0.1) is 5.92 Å². The van der Waals surface area contributed by atoms with E-state index in [1.807, 2.05) is 0 Å². The molecule has 0 N–H and O–H groups in total. The molecule has 0 saturated heterocycles. The van der Waals surface area contributed by atoms with Crippen molar-refractivity contribution >= 4 is 23.4 Å². The highest BCUT2D eigenvalue weighted by atomic mass is 35.5. The van der Waals surface area contributed by atoms with Crippen molar-refractivity contribution in [3.8, 4) is 0 Å². The van der Waals surface area contributed by atoms with Crippen molar-refractivity contribution < 1.29 is 32.6 Å². The second kappa shape index (κ2) is 8.39. The van der Waals surface area contributed by atoms with Crippen LogP contribution in [0.3, 0.4) is 0 Å². The summed E-state index contributed by atoms with van der Waals surface area (Å²) in [6, 6.07) is 0. The summed E-state index contributed by atoms with van der Waals surface area (Å²) >= 11 is 4.67. The number of hydrogen-bond acceptors (Lipinski definition) is 5. The van der Waals surface area contributed by atoms with Gasteiger partial charge in [-0.3, -0.25) is 9.59 Å². The Morgan fingerprint density at radius 3 is 1.89 bits per heavy atom. The van der Waals surface area contributed by atoms with Crippen molar-refractivity contribution in [2.75, 3.05) is 19.8 Å². The van der Waals surface area contributed by atoms with Gasteiger partial charge in [0.25, 0.3) is 0 Å². The fourth-order valence-electron chi connectivity index (χ4n) is 1.32. The summed E-state index contributed by atoms with van der Waals surface area (Å²) in [6.45, 7) is 4.69. The summed E-state index contributed by atoms with van der Waals surface area (Å²) in [5, 5.41) is -4.19. The third kappa shape index (κ3) is 5.80. The van der Waals surface area contributed by atoms with E-state index in [2.05, 4.69) is 16.3 Å². The molecule has 1 atom stereocenters. The number of Topliss-reactive ketones (excluding diaryl/α,β-unsaturated/α-hetero) is 1. The van der Waals surface area contributed by atoms with E-state index in [9.17, 15) is 18.4 Å². The topological polar surface area (TPSA) is 61.8 Å². The Balaban J connectivity index is 5.22. The van der Waals surface area contributed by atoms with E-state index in [1.54, 1.807) is 13.8 Å². The molecule has 0 spiro atoms. The van der Waals surface area contributed by atoms with Gasteiger partial charge in [-0.15, -0.1) is 0 Å². The molecule has 0 bridgehead atoms. The van der Waals surface area contributed by atoms with E-state index in [0.717, 1.165) is 0 Å². The predicted molar refractivity (Wildman–Crippen MR) is 63.0 cm³/mol. The largest absolute Gasteiger partial charge is 0.465 e. The first kappa shape index (κ1) is 18.2. The number of carbonyl (C=O) groups is 2. The van der Waals surface area contributed by atoms with E-state index >= 15 is 0 Å².